The van der Waals surface area contributed by atoms with E-state index in [1.165, 1.54) is 0 Å². The Morgan fingerprint density at radius 3 is 2.67 bits per heavy atom. The van der Waals surface area contributed by atoms with Gasteiger partial charge in [0.15, 0.2) is 9.84 Å². The molecule has 4 nitrogen and oxygen atoms in total. The van der Waals surface area contributed by atoms with Crippen molar-refractivity contribution in [3.8, 4) is 5.75 Å². The maximum Gasteiger partial charge on any atom is 0.157 e. The molecule has 1 atom stereocenters. The summed E-state index contributed by atoms with van der Waals surface area (Å²) in [6, 6.07) is 5.88. The molecule has 1 unspecified atom stereocenters. The number of ether oxygens (including phenoxy) is 1. The van der Waals surface area contributed by atoms with Crippen molar-refractivity contribution < 1.29 is 13.2 Å². The van der Waals surface area contributed by atoms with E-state index in [-0.39, 0.29) is 23.7 Å². The van der Waals surface area contributed by atoms with Crippen LogP contribution in [0.4, 0.5) is 0 Å². The summed E-state index contributed by atoms with van der Waals surface area (Å²) in [6.07, 6.45) is 0.585. The fourth-order valence-electron chi connectivity index (χ4n) is 1.90. The molecule has 1 aliphatic heterocycles. The Bertz CT molecular complexity index is 530. The van der Waals surface area contributed by atoms with E-state index in [0.717, 1.165) is 16.5 Å². The highest BCUT2D eigenvalue weighted by atomic mass is 79.9. The van der Waals surface area contributed by atoms with Crippen LogP contribution in [0.5, 0.6) is 5.75 Å². The van der Waals surface area contributed by atoms with Crippen LogP contribution in [0.1, 0.15) is 12.5 Å². The van der Waals surface area contributed by atoms with Crippen molar-refractivity contribution in [2.75, 3.05) is 11.5 Å². The summed E-state index contributed by atoms with van der Waals surface area (Å²) >= 11 is 3.43. The van der Waals surface area contributed by atoms with E-state index in [9.17, 15) is 8.42 Å². The van der Waals surface area contributed by atoms with Gasteiger partial charge in [0.1, 0.15) is 11.9 Å². The number of halogens is 1. The SMILES string of the molecule is CC(N)Cc1ccc(OC2CS(=O)(=O)C2)c(Br)c1. The van der Waals surface area contributed by atoms with Gasteiger partial charge in [0, 0.05) is 6.04 Å². The molecular weight excluding hydrogens is 318 g/mol. The van der Waals surface area contributed by atoms with Gasteiger partial charge in [0.05, 0.1) is 16.0 Å². The third-order valence-electron chi connectivity index (χ3n) is 2.73. The van der Waals surface area contributed by atoms with E-state index < -0.39 is 9.84 Å². The molecule has 0 bridgehead atoms. The topological polar surface area (TPSA) is 69.4 Å². The molecule has 0 spiro atoms. The smallest absolute Gasteiger partial charge is 0.157 e. The van der Waals surface area contributed by atoms with Gasteiger partial charge in [-0.3, -0.25) is 0 Å². The van der Waals surface area contributed by atoms with Gasteiger partial charge in [0.25, 0.3) is 0 Å². The van der Waals surface area contributed by atoms with Crippen molar-refractivity contribution in [2.45, 2.75) is 25.5 Å². The lowest BCUT2D eigenvalue weighted by Crippen LogP contribution is -2.45. The first kappa shape index (κ1) is 13.8. The number of sulfone groups is 1. The minimum Gasteiger partial charge on any atom is -0.487 e. The minimum absolute atomic E-state index is 0.112. The number of benzene rings is 1. The zero-order valence-corrected chi connectivity index (χ0v) is 12.5. The Labute approximate surface area is 116 Å². The molecule has 18 heavy (non-hydrogen) atoms. The average Bonchev–Trinajstić information content (AvgIpc) is 2.18. The van der Waals surface area contributed by atoms with Gasteiger partial charge >= 0.3 is 0 Å². The summed E-state index contributed by atoms with van der Waals surface area (Å²) in [7, 11) is -2.84. The normalized spacial score (nSPS) is 20.2. The zero-order valence-electron chi connectivity index (χ0n) is 10.1. The van der Waals surface area contributed by atoms with Gasteiger partial charge in [-0.15, -0.1) is 0 Å². The summed E-state index contributed by atoms with van der Waals surface area (Å²) in [5.74, 6) is 0.908. The number of hydrogen-bond donors (Lipinski definition) is 1. The van der Waals surface area contributed by atoms with Gasteiger partial charge in [-0.05, 0) is 47.0 Å². The van der Waals surface area contributed by atoms with Crippen molar-refractivity contribution >= 4 is 25.8 Å². The van der Waals surface area contributed by atoms with Gasteiger partial charge in [-0.2, -0.15) is 0 Å². The summed E-state index contributed by atoms with van der Waals surface area (Å²) in [5, 5.41) is 0. The molecule has 0 aliphatic carbocycles. The second kappa shape index (κ2) is 5.19. The Morgan fingerprint density at radius 2 is 2.17 bits per heavy atom. The van der Waals surface area contributed by atoms with Crippen LogP contribution in [0.2, 0.25) is 0 Å². The Hall–Kier alpha value is -0.590. The summed E-state index contributed by atoms with van der Waals surface area (Å²) in [4.78, 5) is 0. The van der Waals surface area contributed by atoms with Crippen LogP contribution in [-0.4, -0.2) is 32.1 Å². The molecule has 1 saturated heterocycles. The first-order valence-corrected chi connectivity index (χ1v) is 8.38. The molecule has 1 aromatic rings. The quantitative estimate of drug-likeness (QED) is 0.906. The lowest BCUT2D eigenvalue weighted by Gasteiger charge is -2.27. The first-order valence-electron chi connectivity index (χ1n) is 5.77. The Balaban J connectivity index is 2.02. The molecule has 2 N–H and O–H groups in total. The van der Waals surface area contributed by atoms with E-state index in [1.807, 2.05) is 25.1 Å². The van der Waals surface area contributed by atoms with Crippen LogP contribution >= 0.6 is 15.9 Å². The fourth-order valence-corrected chi connectivity index (χ4v) is 3.59. The van der Waals surface area contributed by atoms with Crippen molar-refractivity contribution in [1.29, 1.82) is 0 Å². The van der Waals surface area contributed by atoms with Crippen LogP contribution in [0, 0.1) is 0 Å². The summed E-state index contributed by atoms with van der Waals surface area (Å²) in [6.45, 7) is 1.96. The second-order valence-electron chi connectivity index (χ2n) is 4.76. The largest absolute Gasteiger partial charge is 0.487 e. The van der Waals surface area contributed by atoms with Gasteiger partial charge in [0.2, 0.25) is 0 Å². The monoisotopic (exact) mass is 333 g/mol. The third-order valence-corrected chi connectivity index (χ3v) is 5.11. The van der Waals surface area contributed by atoms with Gasteiger partial charge in [-0.1, -0.05) is 6.07 Å². The van der Waals surface area contributed by atoms with E-state index in [1.54, 1.807) is 0 Å². The maximum atomic E-state index is 11.0. The van der Waals surface area contributed by atoms with Crippen molar-refractivity contribution in [1.82, 2.24) is 0 Å². The number of hydrogen-bond acceptors (Lipinski definition) is 4. The highest BCUT2D eigenvalue weighted by Crippen LogP contribution is 2.29. The second-order valence-corrected chi connectivity index (χ2v) is 7.77. The average molecular weight is 334 g/mol. The Morgan fingerprint density at radius 1 is 1.50 bits per heavy atom. The first-order chi connectivity index (χ1) is 8.35. The van der Waals surface area contributed by atoms with Crippen molar-refractivity contribution in [3.63, 3.8) is 0 Å². The molecule has 1 heterocycles. The minimum atomic E-state index is -2.84. The molecule has 1 aromatic carbocycles. The number of nitrogens with two attached hydrogens (primary N) is 1. The highest BCUT2D eigenvalue weighted by Gasteiger charge is 2.35. The summed E-state index contributed by atoms with van der Waals surface area (Å²) < 4.78 is 28.5. The van der Waals surface area contributed by atoms with Crippen molar-refractivity contribution in [2.24, 2.45) is 5.73 Å². The number of rotatable bonds is 4. The predicted molar refractivity (Wildman–Crippen MR) is 74.6 cm³/mol. The van der Waals surface area contributed by atoms with E-state index in [4.69, 9.17) is 10.5 Å². The molecule has 0 aromatic heterocycles. The molecule has 1 fully saturated rings. The lowest BCUT2D eigenvalue weighted by atomic mass is 10.1. The zero-order chi connectivity index (χ0) is 13.3. The molecule has 1 aliphatic rings. The highest BCUT2D eigenvalue weighted by molar-refractivity contribution is 9.10. The van der Waals surface area contributed by atoms with E-state index in [0.29, 0.717) is 5.75 Å². The molecule has 0 radical (unpaired) electrons. The van der Waals surface area contributed by atoms with Crippen LogP contribution < -0.4 is 10.5 Å². The molecular formula is C12H16BrNO3S. The molecule has 0 saturated carbocycles. The fraction of sp³-hybridized carbons (Fsp3) is 0.500. The Kier molecular flexibility index (Phi) is 3.99. The van der Waals surface area contributed by atoms with Gasteiger partial charge < -0.3 is 10.5 Å². The molecule has 2 rings (SSSR count). The maximum absolute atomic E-state index is 11.0. The van der Waals surface area contributed by atoms with Crippen LogP contribution in [0.25, 0.3) is 0 Å². The van der Waals surface area contributed by atoms with Crippen LogP contribution in [-0.2, 0) is 16.3 Å². The third kappa shape index (κ3) is 3.46. The predicted octanol–water partition coefficient (Wildman–Crippen LogP) is 1.51. The van der Waals surface area contributed by atoms with Crippen LogP contribution in [0.15, 0.2) is 22.7 Å². The standard InChI is InChI=1S/C12H16BrNO3S/c1-8(14)4-9-2-3-12(11(13)5-9)17-10-6-18(15,16)7-10/h2-3,5,8,10H,4,6-7,14H2,1H3. The van der Waals surface area contributed by atoms with Crippen molar-refractivity contribution in [3.05, 3.63) is 28.2 Å². The molecule has 6 heteroatoms. The van der Waals surface area contributed by atoms with E-state index >= 15 is 0 Å². The van der Waals surface area contributed by atoms with E-state index in [2.05, 4.69) is 15.9 Å². The molecule has 0 amide bonds. The molecule has 100 valence electrons. The lowest BCUT2D eigenvalue weighted by molar-refractivity contribution is 0.229. The summed E-state index contributed by atoms with van der Waals surface area (Å²) in [5.41, 5.74) is 6.87. The van der Waals surface area contributed by atoms with Gasteiger partial charge in [-0.25, -0.2) is 8.42 Å². The van der Waals surface area contributed by atoms with Crippen LogP contribution in [0.3, 0.4) is 0 Å².